The maximum absolute atomic E-state index is 12.3. The summed E-state index contributed by atoms with van der Waals surface area (Å²) >= 11 is 0. The van der Waals surface area contributed by atoms with Crippen LogP contribution in [0.15, 0.2) is 0 Å². The largest absolute Gasteiger partial charge is 0.381 e. The summed E-state index contributed by atoms with van der Waals surface area (Å²) in [5.41, 5.74) is 5.11. The molecular weight excluding hydrogens is 268 g/mol. The molecule has 7 heteroatoms. The molecule has 1 rings (SSSR count). The van der Waals surface area contributed by atoms with Crippen molar-refractivity contribution < 1.29 is 17.9 Å². The quantitative estimate of drug-likeness (QED) is 0.723. The summed E-state index contributed by atoms with van der Waals surface area (Å²) in [4.78, 5) is 12.3. The highest BCUT2D eigenvalue weighted by atomic mass is 32.2. The first kappa shape index (κ1) is 16.4. The summed E-state index contributed by atoms with van der Waals surface area (Å²) < 4.78 is 27.5. The lowest BCUT2D eigenvalue weighted by Crippen LogP contribution is -2.53. The normalized spacial score (nSPS) is 20.0. The molecule has 0 unspecified atom stereocenters. The van der Waals surface area contributed by atoms with Gasteiger partial charge in [0.15, 0.2) is 9.84 Å². The van der Waals surface area contributed by atoms with Crippen LogP contribution in [-0.4, -0.2) is 51.6 Å². The van der Waals surface area contributed by atoms with Crippen LogP contribution in [0.1, 0.15) is 26.7 Å². The lowest BCUT2D eigenvalue weighted by Gasteiger charge is -2.35. The molecule has 0 aromatic carbocycles. The molecule has 1 aliphatic rings. The van der Waals surface area contributed by atoms with Crippen molar-refractivity contribution in [2.24, 2.45) is 11.1 Å². The molecule has 0 aromatic rings. The number of hydrogen-bond acceptors (Lipinski definition) is 5. The SMILES string of the molecule is CC(C)(CNC(=O)C1(CN)CCOCC1)S(C)(=O)=O. The number of carbonyl (C=O) groups excluding carboxylic acids is 1. The third-order valence-corrected chi connectivity index (χ3v) is 6.15. The van der Waals surface area contributed by atoms with Crippen molar-refractivity contribution in [3.63, 3.8) is 0 Å². The van der Waals surface area contributed by atoms with Gasteiger partial charge in [-0.2, -0.15) is 0 Å². The second-order valence-electron chi connectivity index (χ2n) is 5.81. The van der Waals surface area contributed by atoms with Crippen LogP contribution in [0, 0.1) is 5.41 Å². The van der Waals surface area contributed by atoms with E-state index in [0.29, 0.717) is 26.1 Å². The Morgan fingerprint density at radius 2 is 1.89 bits per heavy atom. The van der Waals surface area contributed by atoms with Crippen LogP contribution < -0.4 is 11.1 Å². The molecule has 1 amide bonds. The number of hydrogen-bond donors (Lipinski definition) is 2. The van der Waals surface area contributed by atoms with Gasteiger partial charge in [-0.15, -0.1) is 0 Å². The summed E-state index contributed by atoms with van der Waals surface area (Å²) in [6.07, 6.45) is 2.33. The summed E-state index contributed by atoms with van der Waals surface area (Å²) in [7, 11) is -3.23. The fraction of sp³-hybridized carbons (Fsp3) is 0.917. The molecule has 1 fully saturated rings. The maximum Gasteiger partial charge on any atom is 0.227 e. The molecule has 112 valence electrons. The molecule has 0 atom stereocenters. The van der Waals surface area contributed by atoms with Gasteiger partial charge < -0.3 is 15.8 Å². The monoisotopic (exact) mass is 292 g/mol. The predicted octanol–water partition coefficient (Wildman–Crippen LogP) is -0.319. The van der Waals surface area contributed by atoms with E-state index < -0.39 is 20.0 Å². The van der Waals surface area contributed by atoms with Crippen LogP contribution in [0.25, 0.3) is 0 Å². The number of sulfone groups is 1. The van der Waals surface area contributed by atoms with E-state index in [4.69, 9.17) is 10.5 Å². The van der Waals surface area contributed by atoms with E-state index in [9.17, 15) is 13.2 Å². The van der Waals surface area contributed by atoms with Gasteiger partial charge in [-0.25, -0.2) is 8.42 Å². The van der Waals surface area contributed by atoms with Crippen molar-refractivity contribution in [2.45, 2.75) is 31.4 Å². The van der Waals surface area contributed by atoms with Gasteiger partial charge in [-0.05, 0) is 26.7 Å². The Balaban J connectivity index is 2.69. The van der Waals surface area contributed by atoms with Crippen LogP contribution in [0.3, 0.4) is 0 Å². The van der Waals surface area contributed by atoms with E-state index >= 15 is 0 Å². The van der Waals surface area contributed by atoms with Crippen molar-refractivity contribution in [1.29, 1.82) is 0 Å². The summed E-state index contributed by atoms with van der Waals surface area (Å²) in [6, 6.07) is 0. The van der Waals surface area contributed by atoms with Gasteiger partial charge in [0.2, 0.25) is 5.91 Å². The van der Waals surface area contributed by atoms with Crippen LogP contribution in [0.5, 0.6) is 0 Å². The first-order valence-corrected chi connectivity index (χ1v) is 8.29. The van der Waals surface area contributed by atoms with E-state index in [1.54, 1.807) is 13.8 Å². The first-order valence-electron chi connectivity index (χ1n) is 6.40. The minimum Gasteiger partial charge on any atom is -0.381 e. The van der Waals surface area contributed by atoms with E-state index in [1.807, 2.05) is 0 Å². The minimum absolute atomic E-state index is 0.0905. The van der Waals surface area contributed by atoms with Gasteiger partial charge in [-0.3, -0.25) is 4.79 Å². The van der Waals surface area contributed by atoms with E-state index in [0.717, 1.165) is 0 Å². The first-order chi connectivity index (χ1) is 8.65. The number of carbonyl (C=O) groups is 1. The van der Waals surface area contributed by atoms with Gasteiger partial charge in [0, 0.05) is 32.6 Å². The van der Waals surface area contributed by atoms with Crippen LogP contribution >= 0.6 is 0 Å². The highest BCUT2D eigenvalue weighted by Crippen LogP contribution is 2.29. The zero-order valence-corrected chi connectivity index (χ0v) is 12.7. The van der Waals surface area contributed by atoms with E-state index in [2.05, 4.69) is 5.32 Å². The fourth-order valence-electron chi connectivity index (χ4n) is 1.90. The molecule has 0 aromatic heterocycles. The lowest BCUT2D eigenvalue weighted by molar-refractivity contribution is -0.136. The average molecular weight is 292 g/mol. The number of amides is 1. The Morgan fingerprint density at radius 3 is 2.32 bits per heavy atom. The van der Waals surface area contributed by atoms with Crippen molar-refractivity contribution >= 4 is 15.7 Å². The van der Waals surface area contributed by atoms with Crippen molar-refractivity contribution in [3.05, 3.63) is 0 Å². The van der Waals surface area contributed by atoms with Gasteiger partial charge in [0.05, 0.1) is 10.2 Å². The highest BCUT2D eigenvalue weighted by molar-refractivity contribution is 7.92. The standard InChI is InChI=1S/C12H24N2O4S/c1-11(2,19(3,16)17)9-14-10(15)12(8-13)4-6-18-7-5-12/h4-9,13H2,1-3H3,(H,14,15). The molecule has 19 heavy (non-hydrogen) atoms. The van der Waals surface area contributed by atoms with Gasteiger partial charge in [-0.1, -0.05) is 0 Å². The van der Waals surface area contributed by atoms with Crippen molar-refractivity contribution in [3.8, 4) is 0 Å². The molecule has 0 aliphatic carbocycles. The summed E-state index contributed by atoms with van der Waals surface area (Å²) in [5, 5.41) is 2.74. The number of nitrogens with one attached hydrogen (secondary N) is 1. The third-order valence-electron chi connectivity index (χ3n) is 4.00. The average Bonchev–Trinajstić information content (AvgIpc) is 2.35. The Hall–Kier alpha value is -0.660. The molecule has 3 N–H and O–H groups in total. The van der Waals surface area contributed by atoms with Crippen LogP contribution in [0.2, 0.25) is 0 Å². The van der Waals surface area contributed by atoms with Crippen LogP contribution in [-0.2, 0) is 19.4 Å². The second-order valence-corrected chi connectivity index (χ2v) is 8.46. The number of rotatable bonds is 5. The van der Waals surface area contributed by atoms with E-state index in [1.165, 1.54) is 6.26 Å². The second kappa shape index (κ2) is 5.76. The fourth-order valence-corrected chi connectivity index (χ4v) is 2.23. The lowest BCUT2D eigenvalue weighted by atomic mass is 9.79. The smallest absolute Gasteiger partial charge is 0.227 e. The number of nitrogens with two attached hydrogens (primary N) is 1. The topological polar surface area (TPSA) is 98.5 Å². The molecule has 6 nitrogen and oxygen atoms in total. The molecule has 1 heterocycles. The molecule has 1 saturated heterocycles. The van der Waals surface area contributed by atoms with Crippen LogP contribution in [0.4, 0.5) is 0 Å². The van der Waals surface area contributed by atoms with Gasteiger partial charge in [0.25, 0.3) is 0 Å². The molecular formula is C12H24N2O4S. The molecule has 0 radical (unpaired) electrons. The third kappa shape index (κ3) is 3.67. The van der Waals surface area contributed by atoms with E-state index in [-0.39, 0.29) is 19.0 Å². The predicted molar refractivity (Wildman–Crippen MR) is 73.5 cm³/mol. The zero-order valence-electron chi connectivity index (χ0n) is 11.9. The highest BCUT2D eigenvalue weighted by Gasteiger charge is 2.40. The molecule has 0 saturated carbocycles. The maximum atomic E-state index is 12.3. The summed E-state index contributed by atoms with van der Waals surface area (Å²) in [5.74, 6) is -0.171. The minimum atomic E-state index is -3.23. The Morgan fingerprint density at radius 1 is 1.37 bits per heavy atom. The van der Waals surface area contributed by atoms with Gasteiger partial charge in [0.1, 0.15) is 0 Å². The Kier molecular flexibility index (Phi) is 4.97. The van der Waals surface area contributed by atoms with Crippen molar-refractivity contribution in [2.75, 3.05) is 32.6 Å². The Bertz CT molecular complexity index is 425. The van der Waals surface area contributed by atoms with Gasteiger partial charge >= 0.3 is 0 Å². The molecule has 1 aliphatic heterocycles. The number of ether oxygens (including phenoxy) is 1. The Labute approximate surface area is 115 Å². The van der Waals surface area contributed by atoms with Crippen molar-refractivity contribution in [1.82, 2.24) is 5.32 Å². The molecule has 0 spiro atoms. The molecule has 0 bridgehead atoms. The zero-order chi connectivity index (χ0) is 14.7. The summed E-state index contributed by atoms with van der Waals surface area (Å²) in [6.45, 7) is 4.57.